The van der Waals surface area contributed by atoms with Gasteiger partial charge in [-0.1, -0.05) is 12.0 Å². The van der Waals surface area contributed by atoms with E-state index in [1.165, 1.54) is 0 Å². The zero-order valence-electron chi connectivity index (χ0n) is 9.19. The lowest BCUT2D eigenvalue weighted by atomic mass is 10.0. The summed E-state index contributed by atoms with van der Waals surface area (Å²) in [6, 6.07) is 5.49. The molecule has 1 saturated heterocycles. The van der Waals surface area contributed by atoms with Crippen LogP contribution in [0.3, 0.4) is 0 Å². The van der Waals surface area contributed by atoms with E-state index in [2.05, 4.69) is 10.9 Å². The van der Waals surface area contributed by atoms with E-state index in [1.807, 2.05) is 12.1 Å². The fraction of sp³-hybridized carbons (Fsp3) is 0.462. The van der Waals surface area contributed by atoms with Gasteiger partial charge in [0.05, 0.1) is 6.61 Å². The Labute approximate surface area is 95.8 Å². The highest BCUT2D eigenvalue weighted by Gasteiger charge is 2.14. The van der Waals surface area contributed by atoms with Crippen molar-refractivity contribution >= 4 is 0 Å². The summed E-state index contributed by atoms with van der Waals surface area (Å²) >= 11 is 0. The van der Waals surface area contributed by atoms with Crippen LogP contribution >= 0.6 is 0 Å². The van der Waals surface area contributed by atoms with Gasteiger partial charge in [0, 0.05) is 19.3 Å². The van der Waals surface area contributed by atoms with Crippen LogP contribution in [0, 0.1) is 18.3 Å². The van der Waals surface area contributed by atoms with E-state index in [4.69, 9.17) is 15.9 Å². The molecule has 0 aromatic carbocycles. The Morgan fingerprint density at radius 2 is 2.25 bits per heavy atom. The summed E-state index contributed by atoms with van der Waals surface area (Å²) in [7, 11) is 0. The van der Waals surface area contributed by atoms with Crippen LogP contribution in [0.4, 0.5) is 0 Å². The Kier molecular flexibility index (Phi) is 3.79. The van der Waals surface area contributed by atoms with Crippen molar-refractivity contribution in [3.8, 4) is 18.2 Å². The first kappa shape index (κ1) is 11.0. The topological polar surface area (TPSA) is 31.4 Å². The molecule has 0 atom stereocenters. The Balaban J connectivity index is 1.86. The maximum atomic E-state index is 5.63. The van der Waals surface area contributed by atoms with Crippen LogP contribution in [0.1, 0.15) is 18.5 Å². The van der Waals surface area contributed by atoms with Crippen LogP contribution in [-0.2, 0) is 4.74 Å². The monoisotopic (exact) mass is 217 g/mol. The number of hydrogen-bond acceptors (Lipinski definition) is 3. The molecule has 0 spiro atoms. The number of nitrogens with zero attached hydrogens (tertiary/aromatic N) is 1. The van der Waals surface area contributed by atoms with Gasteiger partial charge in [-0.25, -0.2) is 4.98 Å². The minimum atomic E-state index is 0.574. The Morgan fingerprint density at radius 1 is 1.44 bits per heavy atom. The number of terminal acetylenes is 1. The average molecular weight is 217 g/mol. The zero-order chi connectivity index (χ0) is 11.2. The van der Waals surface area contributed by atoms with Crippen LogP contribution in [-0.4, -0.2) is 24.8 Å². The first-order valence-corrected chi connectivity index (χ1v) is 5.52. The molecule has 0 saturated carbocycles. The molecule has 0 radical (unpaired) electrons. The van der Waals surface area contributed by atoms with Crippen molar-refractivity contribution in [2.45, 2.75) is 12.8 Å². The summed E-state index contributed by atoms with van der Waals surface area (Å²) in [6.45, 7) is 2.38. The fourth-order valence-corrected chi connectivity index (χ4v) is 1.69. The molecule has 16 heavy (non-hydrogen) atoms. The number of ether oxygens (including phenoxy) is 2. The van der Waals surface area contributed by atoms with Crippen molar-refractivity contribution < 1.29 is 9.47 Å². The molecule has 1 aromatic heterocycles. The maximum Gasteiger partial charge on any atom is 0.214 e. The summed E-state index contributed by atoms with van der Waals surface area (Å²) in [4.78, 5) is 4.19. The lowest BCUT2D eigenvalue weighted by molar-refractivity contribution is 0.0490. The second-order valence-corrected chi connectivity index (χ2v) is 3.87. The molecule has 2 heterocycles. The lowest BCUT2D eigenvalue weighted by Gasteiger charge is -2.21. The molecule has 0 aliphatic carbocycles. The van der Waals surface area contributed by atoms with Gasteiger partial charge in [-0.2, -0.15) is 0 Å². The number of rotatable bonds is 3. The van der Waals surface area contributed by atoms with Crippen LogP contribution in [0.25, 0.3) is 0 Å². The lowest BCUT2D eigenvalue weighted by Crippen LogP contribution is -2.21. The molecule has 0 unspecified atom stereocenters. The third-order valence-electron chi connectivity index (χ3n) is 2.68. The summed E-state index contributed by atoms with van der Waals surface area (Å²) in [6.07, 6.45) is 7.40. The van der Waals surface area contributed by atoms with E-state index in [0.717, 1.165) is 26.1 Å². The highest BCUT2D eigenvalue weighted by molar-refractivity contribution is 5.27. The molecule has 3 heteroatoms. The smallest absolute Gasteiger partial charge is 0.214 e. The third-order valence-corrected chi connectivity index (χ3v) is 2.68. The first-order valence-electron chi connectivity index (χ1n) is 5.52. The van der Waals surface area contributed by atoms with E-state index in [9.17, 15) is 0 Å². The van der Waals surface area contributed by atoms with E-state index in [-0.39, 0.29) is 0 Å². The number of hydrogen-bond donors (Lipinski definition) is 0. The molecule has 1 fully saturated rings. The minimum absolute atomic E-state index is 0.574. The van der Waals surface area contributed by atoms with E-state index < -0.39 is 0 Å². The highest BCUT2D eigenvalue weighted by atomic mass is 16.5. The van der Waals surface area contributed by atoms with E-state index in [1.54, 1.807) is 6.07 Å². The third kappa shape index (κ3) is 2.98. The van der Waals surface area contributed by atoms with Gasteiger partial charge in [-0.05, 0) is 24.8 Å². The van der Waals surface area contributed by atoms with Crippen LogP contribution in [0.2, 0.25) is 0 Å². The molecule has 0 N–H and O–H groups in total. The molecule has 1 aliphatic heterocycles. The summed E-state index contributed by atoms with van der Waals surface area (Å²) in [5.41, 5.74) is 0.615. The summed E-state index contributed by atoms with van der Waals surface area (Å²) < 4.78 is 10.9. The summed E-state index contributed by atoms with van der Waals surface area (Å²) in [5.74, 6) is 3.68. The van der Waals surface area contributed by atoms with Crippen LogP contribution in [0.15, 0.2) is 18.2 Å². The molecule has 2 rings (SSSR count). The van der Waals surface area contributed by atoms with Crippen molar-refractivity contribution in [2.24, 2.45) is 5.92 Å². The largest absolute Gasteiger partial charge is 0.477 e. The molecule has 0 amide bonds. The average Bonchev–Trinajstić information content (AvgIpc) is 2.38. The molecule has 84 valence electrons. The molecular formula is C13H15NO2. The fourth-order valence-electron chi connectivity index (χ4n) is 1.69. The van der Waals surface area contributed by atoms with Crippen molar-refractivity contribution in [3.63, 3.8) is 0 Å². The SMILES string of the molecule is C#Cc1cccc(OCC2CCOCC2)n1. The van der Waals surface area contributed by atoms with E-state index >= 15 is 0 Å². The van der Waals surface area contributed by atoms with Crippen LogP contribution in [0.5, 0.6) is 5.88 Å². The molecule has 0 bridgehead atoms. The van der Waals surface area contributed by atoms with Crippen molar-refractivity contribution in [1.29, 1.82) is 0 Å². The van der Waals surface area contributed by atoms with Gasteiger partial charge in [0.25, 0.3) is 0 Å². The zero-order valence-corrected chi connectivity index (χ0v) is 9.19. The van der Waals surface area contributed by atoms with Crippen molar-refractivity contribution in [1.82, 2.24) is 4.98 Å². The standard InChI is InChI=1S/C13H15NO2/c1-2-12-4-3-5-13(14-12)16-10-11-6-8-15-9-7-11/h1,3-5,11H,6-10H2. The van der Waals surface area contributed by atoms with Gasteiger partial charge >= 0.3 is 0 Å². The molecule has 1 aliphatic rings. The van der Waals surface area contributed by atoms with E-state index in [0.29, 0.717) is 24.1 Å². The molecule has 3 nitrogen and oxygen atoms in total. The van der Waals surface area contributed by atoms with Gasteiger partial charge < -0.3 is 9.47 Å². The highest BCUT2D eigenvalue weighted by Crippen LogP contribution is 2.16. The van der Waals surface area contributed by atoms with Gasteiger partial charge in [-0.15, -0.1) is 6.42 Å². The Hall–Kier alpha value is -1.53. The Morgan fingerprint density at radius 3 is 3.00 bits per heavy atom. The second kappa shape index (κ2) is 5.53. The van der Waals surface area contributed by atoms with Gasteiger partial charge in [0.1, 0.15) is 5.69 Å². The van der Waals surface area contributed by atoms with Crippen molar-refractivity contribution in [3.05, 3.63) is 23.9 Å². The predicted molar refractivity (Wildman–Crippen MR) is 61.2 cm³/mol. The molecular weight excluding hydrogens is 202 g/mol. The summed E-state index contributed by atoms with van der Waals surface area (Å²) in [5, 5.41) is 0. The second-order valence-electron chi connectivity index (χ2n) is 3.87. The Bertz CT molecular complexity index is 378. The number of pyridine rings is 1. The quantitative estimate of drug-likeness (QED) is 0.724. The predicted octanol–water partition coefficient (Wildman–Crippen LogP) is 1.87. The van der Waals surface area contributed by atoms with Crippen molar-refractivity contribution in [2.75, 3.05) is 19.8 Å². The number of aromatic nitrogens is 1. The maximum absolute atomic E-state index is 5.63. The normalized spacial score (nSPS) is 16.7. The molecule has 1 aromatic rings. The van der Waals surface area contributed by atoms with Gasteiger partial charge in [0.2, 0.25) is 5.88 Å². The first-order chi connectivity index (χ1) is 7.88. The van der Waals surface area contributed by atoms with Gasteiger partial charge in [0.15, 0.2) is 0 Å². The minimum Gasteiger partial charge on any atom is -0.477 e. The van der Waals surface area contributed by atoms with Crippen LogP contribution < -0.4 is 4.74 Å². The van der Waals surface area contributed by atoms with Gasteiger partial charge in [-0.3, -0.25) is 0 Å².